The Bertz CT molecular complexity index is 576. The van der Waals surface area contributed by atoms with Crippen LogP contribution < -0.4 is 16.6 Å². The minimum atomic E-state index is -1.27. The molecule has 0 atom stereocenters. The lowest BCUT2D eigenvalue weighted by molar-refractivity contribution is -0.137. The lowest BCUT2D eigenvalue weighted by atomic mass is 10.3. The van der Waals surface area contributed by atoms with Gasteiger partial charge in [0.15, 0.2) is 0 Å². The first-order chi connectivity index (χ1) is 8.41. The summed E-state index contributed by atoms with van der Waals surface area (Å²) in [7, 11) is 0. The Balaban J connectivity index is 2.68. The smallest absolute Gasteiger partial charge is 0.336 e. The van der Waals surface area contributed by atoms with Crippen molar-refractivity contribution in [2.75, 3.05) is 6.54 Å². The molecule has 0 fully saturated rings. The molecule has 3 N–H and O–H groups in total. The standard InChI is InChI=1S/C9H10FN3O5/c10-5-4-13(9(18)12-7(5)16)8(17)11-3-1-2-6(14)15/h4H,1-3H2,(H,11,17)(H,14,15)(H,12,16,18). The van der Waals surface area contributed by atoms with Crippen molar-refractivity contribution in [1.29, 1.82) is 0 Å². The summed E-state index contributed by atoms with van der Waals surface area (Å²) in [6.45, 7) is 0.0122. The number of carboxylic acids is 1. The van der Waals surface area contributed by atoms with Crippen LogP contribution in [0.4, 0.5) is 9.18 Å². The average Bonchev–Trinajstić information content (AvgIpc) is 2.28. The molecular formula is C9H10FN3O5. The molecule has 1 amide bonds. The molecule has 0 spiro atoms. The van der Waals surface area contributed by atoms with E-state index in [2.05, 4.69) is 5.32 Å². The Morgan fingerprint density at radius 1 is 1.44 bits per heavy atom. The molecule has 1 heterocycles. The predicted molar refractivity (Wildman–Crippen MR) is 56.9 cm³/mol. The molecule has 98 valence electrons. The molecule has 0 saturated heterocycles. The van der Waals surface area contributed by atoms with Crippen molar-refractivity contribution in [2.45, 2.75) is 12.8 Å². The van der Waals surface area contributed by atoms with E-state index in [-0.39, 0.29) is 19.4 Å². The number of aromatic nitrogens is 2. The molecular weight excluding hydrogens is 249 g/mol. The molecule has 0 aromatic carbocycles. The van der Waals surface area contributed by atoms with Gasteiger partial charge in [-0.1, -0.05) is 0 Å². The van der Waals surface area contributed by atoms with Crippen molar-refractivity contribution >= 4 is 12.0 Å². The van der Waals surface area contributed by atoms with E-state index in [1.807, 2.05) is 0 Å². The number of nitrogens with one attached hydrogen (secondary N) is 2. The molecule has 0 aliphatic carbocycles. The summed E-state index contributed by atoms with van der Waals surface area (Å²) in [5.41, 5.74) is -2.29. The van der Waals surface area contributed by atoms with E-state index in [9.17, 15) is 23.6 Å². The number of aliphatic carboxylic acids is 1. The monoisotopic (exact) mass is 259 g/mol. The maximum atomic E-state index is 12.9. The van der Waals surface area contributed by atoms with Gasteiger partial charge >= 0.3 is 17.7 Å². The zero-order chi connectivity index (χ0) is 13.7. The number of halogens is 1. The van der Waals surface area contributed by atoms with Crippen LogP contribution in [-0.4, -0.2) is 33.2 Å². The first-order valence-electron chi connectivity index (χ1n) is 4.93. The summed E-state index contributed by atoms with van der Waals surface area (Å²) in [5, 5.41) is 10.6. The highest BCUT2D eigenvalue weighted by atomic mass is 19.1. The third-order valence-electron chi connectivity index (χ3n) is 1.96. The number of carboxylic acid groups (broad SMARTS) is 1. The molecule has 0 aliphatic rings. The Hall–Kier alpha value is -2.45. The maximum absolute atomic E-state index is 12.9. The van der Waals surface area contributed by atoms with Crippen LogP contribution in [0.2, 0.25) is 0 Å². The normalized spacial score (nSPS) is 10.1. The molecule has 0 radical (unpaired) electrons. The first-order valence-corrected chi connectivity index (χ1v) is 4.93. The Morgan fingerprint density at radius 3 is 2.72 bits per heavy atom. The van der Waals surface area contributed by atoms with Crippen LogP contribution >= 0.6 is 0 Å². The predicted octanol–water partition coefficient (Wildman–Crippen LogP) is -0.902. The molecule has 0 aliphatic heterocycles. The van der Waals surface area contributed by atoms with E-state index < -0.39 is 29.1 Å². The molecule has 18 heavy (non-hydrogen) atoms. The van der Waals surface area contributed by atoms with Crippen molar-refractivity contribution in [3.8, 4) is 0 Å². The fourth-order valence-electron chi connectivity index (χ4n) is 1.12. The number of aromatic amines is 1. The van der Waals surface area contributed by atoms with E-state index in [4.69, 9.17) is 5.11 Å². The average molecular weight is 259 g/mol. The van der Waals surface area contributed by atoms with Gasteiger partial charge in [0.25, 0.3) is 5.56 Å². The van der Waals surface area contributed by atoms with E-state index in [0.717, 1.165) is 0 Å². The van der Waals surface area contributed by atoms with Crippen LogP contribution in [0.5, 0.6) is 0 Å². The Morgan fingerprint density at radius 2 is 2.11 bits per heavy atom. The molecule has 8 nitrogen and oxygen atoms in total. The molecule has 0 saturated carbocycles. The van der Waals surface area contributed by atoms with Crippen molar-refractivity contribution in [2.24, 2.45) is 0 Å². The van der Waals surface area contributed by atoms with E-state index >= 15 is 0 Å². The number of carbonyl (C=O) groups is 2. The molecule has 1 aromatic heterocycles. The first kappa shape index (κ1) is 13.6. The third-order valence-corrected chi connectivity index (χ3v) is 1.96. The zero-order valence-electron chi connectivity index (χ0n) is 9.10. The van der Waals surface area contributed by atoms with Gasteiger partial charge in [0, 0.05) is 13.0 Å². The molecule has 0 bridgehead atoms. The van der Waals surface area contributed by atoms with Gasteiger partial charge in [0.05, 0.1) is 6.20 Å². The summed E-state index contributed by atoms with van der Waals surface area (Å²) in [6, 6.07) is -0.944. The Labute approximate surface area is 99.1 Å². The SMILES string of the molecule is O=C(O)CCCNC(=O)n1cc(F)c(=O)[nH]c1=O. The summed E-state index contributed by atoms with van der Waals surface area (Å²) >= 11 is 0. The summed E-state index contributed by atoms with van der Waals surface area (Å²) in [4.78, 5) is 45.1. The van der Waals surface area contributed by atoms with Crippen LogP contribution in [0.25, 0.3) is 0 Å². The topological polar surface area (TPSA) is 121 Å². The largest absolute Gasteiger partial charge is 0.481 e. The Kier molecular flexibility index (Phi) is 4.35. The van der Waals surface area contributed by atoms with Gasteiger partial charge in [-0.15, -0.1) is 0 Å². The van der Waals surface area contributed by atoms with E-state index in [1.54, 1.807) is 4.98 Å². The fourth-order valence-corrected chi connectivity index (χ4v) is 1.12. The van der Waals surface area contributed by atoms with Crippen LogP contribution in [-0.2, 0) is 4.79 Å². The van der Waals surface area contributed by atoms with Crippen molar-refractivity contribution in [3.63, 3.8) is 0 Å². The minimum absolute atomic E-state index is 0.0122. The highest BCUT2D eigenvalue weighted by Crippen LogP contribution is 1.88. The van der Waals surface area contributed by atoms with Crippen LogP contribution in [0.1, 0.15) is 12.8 Å². The zero-order valence-corrected chi connectivity index (χ0v) is 9.10. The van der Waals surface area contributed by atoms with Gasteiger partial charge in [-0.2, -0.15) is 4.39 Å². The fraction of sp³-hybridized carbons (Fsp3) is 0.333. The highest BCUT2D eigenvalue weighted by Gasteiger charge is 2.10. The van der Waals surface area contributed by atoms with Crippen molar-refractivity contribution in [3.05, 3.63) is 32.9 Å². The minimum Gasteiger partial charge on any atom is -0.481 e. The second-order valence-corrected chi connectivity index (χ2v) is 3.34. The quantitative estimate of drug-likeness (QED) is 0.605. The molecule has 0 unspecified atom stereocenters. The lowest BCUT2D eigenvalue weighted by Crippen LogP contribution is -2.41. The summed E-state index contributed by atoms with van der Waals surface area (Å²) in [6.07, 6.45) is 0.491. The van der Waals surface area contributed by atoms with Crippen molar-refractivity contribution in [1.82, 2.24) is 14.9 Å². The number of H-pyrrole nitrogens is 1. The van der Waals surface area contributed by atoms with Crippen LogP contribution in [0.3, 0.4) is 0 Å². The third kappa shape index (κ3) is 3.54. The second-order valence-electron chi connectivity index (χ2n) is 3.34. The van der Waals surface area contributed by atoms with Gasteiger partial charge in [-0.3, -0.25) is 14.6 Å². The van der Waals surface area contributed by atoms with Crippen molar-refractivity contribution < 1.29 is 19.1 Å². The highest BCUT2D eigenvalue weighted by molar-refractivity contribution is 5.76. The number of nitrogens with zero attached hydrogens (tertiary/aromatic N) is 1. The maximum Gasteiger partial charge on any atom is 0.336 e. The van der Waals surface area contributed by atoms with Crippen LogP contribution in [0, 0.1) is 5.82 Å². The van der Waals surface area contributed by atoms with Crippen LogP contribution in [0.15, 0.2) is 15.8 Å². The van der Waals surface area contributed by atoms with Gasteiger partial charge in [0.1, 0.15) is 0 Å². The number of rotatable bonds is 4. The van der Waals surface area contributed by atoms with Gasteiger partial charge < -0.3 is 10.4 Å². The van der Waals surface area contributed by atoms with Gasteiger partial charge in [-0.05, 0) is 6.42 Å². The van der Waals surface area contributed by atoms with Gasteiger partial charge in [-0.25, -0.2) is 14.2 Å². The van der Waals surface area contributed by atoms with Gasteiger partial charge in [0.2, 0.25) is 5.82 Å². The summed E-state index contributed by atoms with van der Waals surface area (Å²) in [5.74, 6) is -2.29. The number of hydrogen-bond acceptors (Lipinski definition) is 4. The molecule has 9 heteroatoms. The second kappa shape index (κ2) is 5.75. The number of amides is 1. The number of hydrogen-bond donors (Lipinski definition) is 3. The molecule has 1 rings (SSSR count). The summed E-state index contributed by atoms with van der Waals surface area (Å²) < 4.78 is 13.2. The molecule has 1 aromatic rings. The van der Waals surface area contributed by atoms with E-state index in [0.29, 0.717) is 10.8 Å². The number of carbonyl (C=O) groups excluding carboxylic acids is 1. The lowest BCUT2D eigenvalue weighted by Gasteiger charge is -2.05. The van der Waals surface area contributed by atoms with E-state index in [1.165, 1.54) is 0 Å².